The van der Waals surface area contributed by atoms with Crippen LogP contribution in [0.4, 0.5) is 5.69 Å². The quantitative estimate of drug-likeness (QED) is 0.847. The summed E-state index contributed by atoms with van der Waals surface area (Å²) in [7, 11) is 0. The van der Waals surface area contributed by atoms with E-state index < -0.39 is 0 Å². The van der Waals surface area contributed by atoms with Crippen LogP contribution in [0.25, 0.3) is 0 Å². The number of hydrogen-bond donors (Lipinski definition) is 2. The molecule has 3 nitrogen and oxygen atoms in total. The van der Waals surface area contributed by atoms with E-state index in [1.165, 1.54) is 0 Å². The summed E-state index contributed by atoms with van der Waals surface area (Å²) in [6.07, 6.45) is 1.71. The van der Waals surface area contributed by atoms with Crippen LogP contribution < -0.4 is 5.32 Å². The SMILES string of the molecule is Oc1cccc(Cl)c1CNc1ccc(Br)nc1. The van der Waals surface area contributed by atoms with Crippen molar-refractivity contribution in [2.45, 2.75) is 6.54 Å². The third kappa shape index (κ3) is 3.11. The molecule has 0 amide bonds. The molecule has 0 atom stereocenters. The van der Waals surface area contributed by atoms with Gasteiger partial charge in [-0.05, 0) is 40.2 Å². The lowest BCUT2D eigenvalue weighted by Gasteiger charge is -2.09. The van der Waals surface area contributed by atoms with Crippen molar-refractivity contribution in [3.05, 3.63) is 51.7 Å². The second-order valence-corrected chi connectivity index (χ2v) is 4.68. The number of phenols is 1. The van der Waals surface area contributed by atoms with E-state index in [4.69, 9.17) is 11.6 Å². The Balaban J connectivity index is 2.10. The van der Waals surface area contributed by atoms with Gasteiger partial charge in [0.1, 0.15) is 10.4 Å². The summed E-state index contributed by atoms with van der Waals surface area (Å²) >= 11 is 9.26. The van der Waals surface area contributed by atoms with Crippen LogP contribution in [0, 0.1) is 0 Å². The lowest BCUT2D eigenvalue weighted by atomic mass is 10.2. The van der Waals surface area contributed by atoms with Crippen molar-refractivity contribution in [1.29, 1.82) is 0 Å². The Kier molecular flexibility index (Phi) is 3.86. The molecule has 0 unspecified atom stereocenters. The Morgan fingerprint density at radius 3 is 2.76 bits per heavy atom. The first-order valence-electron chi connectivity index (χ1n) is 4.98. The summed E-state index contributed by atoms with van der Waals surface area (Å²) in [4.78, 5) is 4.09. The normalized spacial score (nSPS) is 10.2. The number of rotatable bonds is 3. The van der Waals surface area contributed by atoms with Gasteiger partial charge < -0.3 is 10.4 Å². The molecule has 0 fully saturated rings. The van der Waals surface area contributed by atoms with Gasteiger partial charge in [0.25, 0.3) is 0 Å². The number of phenolic OH excluding ortho intramolecular Hbond substituents is 1. The molecule has 0 spiro atoms. The van der Waals surface area contributed by atoms with Crippen molar-refractivity contribution in [2.24, 2.45) is 0 Å². The lowest BCUT2D eigenvalue weighted by Crippen LogP contribution is -2.00. The molecular weight excluding hydrogens is 304 g/mol. The molecule has 17 heavy (non-hydrogen) atoms. The molecule has 1 aromatic heterocycles. The van der Waals surface area contributed by atoms with E-state index in [2.05, 4.69) is 26.2 Å². The molecule has 0 aliphatic rings. The van der Waals surface area contributed by atoms with Gasteiger partial charge in [-0.3, -0.25) is 0 Å². The zero-order chi connectivity index (χ0) is 12.3. The molecule has 88 valence electrons. The van der Waals surface area contributed by atoms with Crippen molar-refractivity contribution < 1.29 is 5.11 Å². The maximum atomic E-state index is 9.67. The highest BCUT2D eigenvalue weighted by Crippen LogP contribution is 2.26. The first kappa shape index (κ1) is 12.2. The minimum Gasteiger partial charge on any atom is -0.508 e. The Labute approximate surface area is 113 Å². The first-order valence-corrected chi connectivity index (χ1v) is 6.15. The zero-order valence-electron chi connectivity index (χ0n) is 8.82. The molecule has 0 bridgehead atoms. The highest BCUT2D eigenvalue weighted by atomic mass is 79.9. The molecule has 2 rings (SSSR count). The summed E-state index contributed by atoms with van der Waals surface area (Å²) in [5.74, 6) is 0.190. The summed E-state index contributed by atoms with van der Waals surface area (Å²) in [5.41, 5.74) is 1.55. The monoisotopic (exact) mass is 312 g/mol. The Bertz CT molecular complexity index is 496. The Morgan fingerprint density at radius 1 is 1.29 bits per heavy atom. The van der Waals surface area contributed by atoms with Crippen molar-refractivity contribution in [3.63, 3.8) is 0 Å². The maximum Gasteiger partial charge on any atom is 0.122 e. The molecule has 5 heteroatoms. The number of nitrogens with one attached hydrogen (secondary N) is 1. The van der Waals surface area contributed by atoms with Gasteiger partial charge in [-0.1, -0.05) is 17.7 Å². The van der Waals surface area contributed by atoms with Crippen molar-refractivity contribution >= 4 is 33.2 Å². The van der Waals surface area contributed by atoms with E-state index in [-0.39, 0.29) is 5.75 Å². The topological polar surface area (TPSA) is 45.1 Å². The van der Waals surface area contributed by atoms with Gasteiger partial charge in [-0.25, -0.2) is 4.98 Å². The number of halogens is 2. The minimum atomic E-state index is 0.190. The smallest absolute Gasteiger partial charge is 0.122 e. The summed E-state index contributed by atoms with van der Waals surface area (Å²) in [6.45, 7) is 0.453. The molecule has 2 aromatic rings. The Hall–Kier alpha value is -1.26. The zero-order valence-corrected chi connectivity index (χ0v) is 11.2. The fraction of sp³-hybridized carbons (Fsp3) is 0.0833. The van der Waals surface area contributed by atoms with E-state index in [9.17, 15) is 5.11 Å². The number of benzene rings is 1. The maximum absolute atomic E-state index is 9.67. The van der Waals surface area contributed by atoms with Gasteiger partial charge in [0.05, 0.1) is 11.9 Å². The second-order valence-electron chi connectivity index (χ2n) is 3.46. The van der Waals surface area contributed by atoms with E-state index in [1.807, 2.05) is 12.1 Å². The number of hydrogen-bond acceptors (Lipinski definition) is 3. The van der Waals surface area contributed by atoms with Crippen LogP contribution >= 0.6 is 27.5 Å². The largest absolute Gasteiger partial charge is 0.508 e. The van der Waals surface area contributed by atoms with Crippen LogP contribution in [-0.2, 0) is 6.54 Å². The predicted molar refractivity (Wildman–Crippen MR) is 72.4 cm³/mol. The molecule has 1 aromatic carbocycles. The number of pyridine rings is 1. The molecule has 0 aliphatic carbocycles. The van der Waals surface area contributed by atoms with Gasteiger partial charge >= 0.3 is 0 Å². The fourth-order valence-corrected chi connectivity index (χ4v) is 1.86. The standard InChI is InChI=1S/C12H10BrClN2O/c13-12-5-4-8(6-16-12)15-7-9-10(14)2-1-3-11(9)17/h1-6,15,17H,7H2. The third-order valence-electron chi connectivity index (χ3n) is 2.29. The molecule has 1 heterocycles. The second kappa shape index (κ2) is 5.38. The molecular formula is C12H10BrClN2O. The van der Waals surface area contributed by atoms with Gasteiger partial charge in [0.15, 0.2) is 0 Å². The van der Waals surface area contributed by atoms with Crippen molar-refractivity contribution in [1.82, 2.24) is 4.98 Å². The number of anilines is 1. The fourth-order valence-electron chi connectivity index (χ4n) is 1.39. The van der Waals surface area contributed by atoms with Crippen molar-refractivity contribution in [2.75, 3.05) is 5.32 Å². The molecule has 0 aliphatic heterocycles. The average Bonchev–Trinajstić information content (AvgIpc) is 2.31. The summed E-state index contributed by atoms with van der Waals surface area (Å²) in [5, 5.41) is 13.4. The predicted octanol–water partition coefficient (Wildman–Crippen LogP) is 3.82. The first-order chi connectivity index (χ1) is 8.16. The minimum absolute atomic E-state index is 0.190. The number of nitrogens with zero attached hydrogens (tertiary/aromatic N) is 1. The molecule has 0 saturated carbocycles. The van der Waals surface area contributed by atoms with Crippen molar-refractivity contribution in [3.8, 4) is 5.75 Å². The van der Waals surface area contributed by atoms with Crippen LogP contribution in [-0.4, -0.2) is 10.1 Å². The van der Waals surface area contributed by atoms with Gasteiger partial charge in [-0.15, -0.1) is 0 Å². The van der Waals surface area contributed by atoms with Crippen LogP contribution in [0.5, 0.6) is 5.75 Å². The van der Waals surface area contributed by atoms with Crippen LogP contribution in [0.2, 0.25) is 5.02 Å². The summed E-state index contributed by atoms with van der Waals surface area (Å²) in [6, 6.07) is 8.81. The number of aromatic hydroxyl groups is 1. The van der Waals surface area contributed by atoms with Crippen LogP contribution in [0.3, 0.4) is 0 Å². The van der Waals surface area contributed by atoms with E-state index in [1.54, 1.807) is 24.4 Å². The van der Waals surface area contributed by atoms with Gasteiger partial charge in [0.2, 0.25) is 0 Å². The highest BCUT2D eigenvalue weighted by molar-refractivity contribution is 9.10. The number of aromatic nitrogens is 1. The van der Waals surface area contributed by atoms with Gasteiger partial charge in [-0.2, -0.15) is 0 Å². The van der Waals surface area contributed by atoms with Crippen LogP contribution in [0.1, 0.15) is 5.56 Å². The van der Waals surface area contributed by atoms with E-state index in [0.717, 1.165) is 10.3 Å². The molecule has 0 saturated heterocycles. The average molecular weight is 314 g/mol. The lowest BCUT2D eigenvalue weighted by molar-refractivity contribution is 0.469. The van der Waals surface area contributed by atoms with E-state index >= 15 is 0 Å². The summed E-state index contributed by atoms with van der Waals surface area (Å²) < 4.78 is 0.781. The third-order valence-corrected chi connectivity index (χ3v) is 3.11. The molecule has 2 N–H and O–H groups in total. The van der Waals surface area contributed by atoms with Crippen LogP contribution in [0.15, 0.2) is 41.1 Å². The van der Waals surface area contributed by atoms with Gasteiger partial charge in [0, 0.05) is 17.1 Å². The molecule has 0 radical (unpaired) electrons. The van der Waals surface area contributed by atoms with E-state index in [0.29, 0.717) is 17.1 Å². The Morgan fingerprint density at radius 2 is 2.12 bits per heavy atom. The highest BCUT2D eigenvalue weighted by Gasteiger charge is 2.05.